The van der Waals surface area contributed by atoms with Crippen molar-refractivity contribution in [3.63, 3.8) is 0 Å². The van der Waals surface area contributed by atoms with E-state index < -0.39 is 0 Å². The van der Waals surface area contributed by atoms with E-state index in [1.54, 1.807) is 0 Å². The molecule has 0 bridgehead atoms. The Bertz CT molecular complexity index is 3980. The average Bonchev–Trinajstić information content (AvgIpc) is 3.74. The molecule has 0 spiro atoms. The Morgan fingerprint density at radius 3 is 0.985 bits per heavy atom. The fourth-order valence-electron chi connectivity index (χ4n) is 10.4. The Balaban J connectivity index is 0.838. The molecule has 0 amide bonds. The normalized spacial score (nSPS) is 11.9. The smallest absolute Gasteiger partial charge is 0.0979 e. The lowest BCUT2D eigenvalue weighted by Crippen LogP contribution is -1.93. The van der Waals surface area contributed by atoms with E-state index in [2.05, 4.69) is 217 Å². The minimum Gasteiger partial charge on any atom is -0.309 e. The van der Waals surface area contributed by atoms with Gasteiger partial charge in [-0.25, -0.2) is 9.97 Å². The van der Waals surface area contributed by atoms with E-state index in [0.29, 0.717) is 0 Å². The molecule has 0 saturated heterocycles. The van der Waals surface area contributed by atoms with E-state index in [-0.39, 0.29) is 0 Å². The molecule has 67 heavy (non-hydrogen) atoms. The predicted molar refractivity (Wildman–Crippen MR) is 279 cm³/mol. The van der Waals surface area contributed by atoms with Crippen LogP contribution in [-0.2, 0) is 0 Å². The monoisotopic (exact) mass is 851 g/mol. The molecule has 3 heterocycles. The second-order valence-corrected chi connectivity index (χ2v) is 17.4. The van der Waals surface area contributed by atoms with Crippen molar-refractivity contribution in [3.05, 3.63) is 225 Å². The Hall–Kier alpha value is -9.06. The van der Waals surface area contributed by atoms with E-state index in [9.17, 15) is 0 Å². The van der Waals surface area contributed by atoms with Gasteiger partial charge in [-0.1, -0.05) is 176 Å². The average molecular weight is 852 g/mol. The maximum absolute atomic E-state index is 5.24. The summed E-state index contributed by atoms with van der Waals surface area (Å²) in [4.78, 5) is 20.5. The molecule has 0 radical (unpaired) electrons. The lowest BCUT2D eigenvalue weighted by molar-refractivity contribution is 1.18. The van der Waals surface area contributed by atoms with Crippen molar-refractivity contribution in [1.29, 1.82) is 0 Å². The molecule has 0 aliphatic heterocycles. The predicted octanol–water partition coefficient (Wildman–Crippen LogP) is 16.0. The molecule has 11 aromatic carbocycles. The molecule has 0 saturated carbocycles. The van der Waals surface area contributed by atoms with Crippen LogP contribution in [0.5, 0.6) is 0 Å². The van der Waals surface area contributed by atoms with Gasteiger partial charge in [-0.05, 0) is 80.2 Å². The van der Waals surface area contributed by atoms with Gasteiger partial charge in [0.25, 0.3) is 0 Å². The number of hydrogen-bond acceptors (Lipinski definition) is 4. The number of benzene rings is 11. The molecule has 0 aliphatic carbocycles. The van der Waals surface area contributed by atoms with Crippen molar-refractivity contribution >= 4 is 87.0 Å². The Morgan fingerprint density at radius 1 is 0.254 bits per heavy atom. The van der Waals surface area contributed by atoms with Crippen LogP contribution in [0.4, 0.5) is 0 Å². The molecular weight excluding hydrogens is 815 g/mol. The van der Waals surface area contributed by atoms with E-state index in [1.807, 2.05) is 12.4 Å². The topological polar surface area (TPSA) is 56.5 Å². The van der Waals surface area contributed by atoms with Crippen molar-refractivity contribution in [3.8, 4) is 50.5 Å². The molecule has 310 valence electrons. The molecule has 0 N–H and O–H groups in total. The van der Waals surface area contributed by atoms with Gasteiger partial charge in [0.2, 0.25) is 0 Å². The zero-order valence-electron chi connectivity index (χ0n) is 36.1. The molecule has 14 rings (SSSR count). The van der Waals surface area contributed by atoms with E-state index >= 15 is 0 Å². The third-order valence-electron chi connectivity index (χ3n) is 13.7. The summed E-state index contributed by atoms with van der Waals surface area (Å²) >= 11 is 0. The van der Waals surface area contributed by atoms with Gasteiger partial charge < -0.3 is 4.57 Å². The van der Waals surface area contributed by atoms with Crippen LogP contribution in [0, 0.1) is 0 Å². The number of rotatable bonds is 5. The zero-order chi connectivity index (χ0) is 44.0. The fourth-order valence-corrected chi connectivity index (χ4v) is 10.4. The standard InChI is InChI=1S/C62H37N5/c1-2-12-44(13-3-1)67-57-32-30-42(38-22-26-40(27-23-38)55-36-63-59-49-18-8-4-14-45(49)47-16-6-10-20-51(47)61(59)65-55)34-53(57)54-35-43(31-33-58(54)67)39-24-28-41(29-25-39)56-37-64-60-50-19-9-5-15-46(50)48-17-7-11-21-52(48)62(60)66-56/h1-37H. The van der Waals surface area contributed by atoms with Gasteiger partial charge in [0.1, 0.15) is 0 Å². The van der Waals surface area contributed by atoms with Gasteiger partial charge in [-0.15, -0.1) is 0 Å². The summed E-state index contributed by atoms with van der Waals surface area (Å²) in [6.07, 6.45) is 3.82. The second-order valence-electron chi connectivity index (χ2n) is 17.4. The highest BCUT2D eigenvalue weighted by Crippen LogP contribution is 2.40. The van der Waals surface area contributed by atoms with Gasteiger partial charge in [0.05, 0.1) is 56.9 Å². The van der Waals surface area contributed by atoms with Crippen LogP contribution in [0.15, 0.2) is 225 Å². The van der Waals surface area contributed by atoms with Crippen LogP contribution in [0.2, 0.25) is 0 Å². The first kappa shape index (κ1) is 37.3. The van der Waals surface area contributed by atoms with Gasteiger partial charge >= 0.3 is 0 Å². The van der Waals surface area contributed by atoms with Crippen LogP contribution >= 0.6 is 0 Å². The number of aromatic nitrogens is 5. The molecule has 0 unspecified atom stereocenters. The Labute approximate surface area is 384 Å². The lowest BCUT2D eigenvalue weighted by Gasteiger charge is -2.11. The van der Waals surface area contributed by atoms with Crippen molar-refractivity contribution < 1.29 is 0 Å². The zero-order valence-corrected chi connectivity index (χ0v) is 36.1. The van der Waals surface area contributed by atoms with Crippen LogP contribution in [-0.4, -0.2) is 24.5 Å². The number of hydrogen-bond donors (Lipinski definition) is 0. The van der Waals surface area contributed by atoms with Gasteiger partial charge in [-0.2, -0.15) is 0 Å². The first-order valence-corrected chi connectivity index (χ1v) is 22.7. The molecule has 0 aliphatic rings. The highest BCUT2D eigenvalue weighted by atomic mass is 15.0. The summed E-state index contributed by atoms with van der Waals surface area (Å²) < 4.78 is 2.38. The highest BCUT2D eigenvalue weighted by molar-refractivity contribution is 6.24. The molecule has 14 aromatic rings. The van der Waals surface area contributed by atoms with E-state index in [0.717, 1.165) is 105 Å². The molecule has 0 atom stereocenters. The van der Waals surface area contributed by atoms with Crippen LogP contribution in [0.3, 0.4) is 0 Å². The molecular formula is C62H37N5. The van der Waals surface area contributed by atoms with E-state index in [4.69, 9.17) is 19.9 Å². The molecule has 5 heteroatoms. The number of nitrogens with zero attached hydrogens (tertiary/aromatic N) is 5. The summed E-state index contributed by atoms with van der Waals surface area (Å²) in [6.45, 7) is 0. The largest absolute Gasteiger partial charge is 0.309 e. The number of fused-ring (bicyclic) bond motifs is 15. The van der Waals surface area contributed by atoms with Crippen LogP contribution in [0.1, 0.15) is 0 Å². The second kappa shape index (κ2) is 14.7. The molecule has 3 aromatic heterocycles. The van der Waals surface area contributed by atoms with Crippen molar-refractivity contribution in [2.75, 3.05) is 0 Å². The third kappa shape index (κ3) is 5.88. The first-order valence-electron chi connectivity index (χ1n) is 22.7. The van der Waals surface area contributed by atoms with Gasteiger partial charge in [0, 0.05) is 49.1 Å². The third-order valence-corrected chi connectivity index (χ3v) is 13.7. The Kier molecular flexibility index (Phi) is 8.21. The van der Waals surface area contributed by atoms with Crippen LogP contribution in [0.25, 0.3) is 137 Å². The fraction of sp³-hybridized carbons (Fsp3) is 0. The van der Waals surface area contributed by atoms with Crippen molar-refractivity contribution in [2.45, 2.75) is 0 Å². The molecule has 0 fully saturated rings. The minimum absolute atomic E-state index is 0.856. The summed E-state index contributed by atoms with van der Waals surface area (Å²) in [5, 5.41) is 11.6. The summed E-state index contributed by atoms with van der Waals surface area (Å²) in [5.41, 5.74) is 15.5. The van der Waals surface area contributed by atoms with Gasteiger partial charge in [0.15, 0.2) is 0 Å². The molecule has 5 nitrogen and oxygen atoms in total. The summed E-state index contributed by atoms with van der Waals surface area (Å²) in [6, 6.07) is 75.8. The SMILES string of the molecule is c1ccc(-n2c3ccc(-c4ccc(-c5cnc6c7ccccc7c7ccccc7c6n5)cc4)cc3c3cc(-c4ccc(-c5cnc6c7ccccc7c7ccccc7c6n5)cc4)ccc32)cc1. The summed E-state index contributed by atoms with van der Waals surface area (Å²) in [5.74, 6) is 0. The van der Waals surface area contributed by atoms with E-state index in [1.165, 1.54) is 32.3 Å². The minimum atomic E-state index is 0.856. The maximum atomic E-state index is 5.24. The lowest BCUT2D eigenvalue weighted by atomic mass is 9.98. The van der Waals surface area contributed by atoms with Crippen molar-refractivity contribution in [1.82, 2.24) is 24.5 Å². The van der Waals surface area contributed by atoms with Crippen LogP contribution < -0.4 is 0 Å². The van der Waals surface area contributed by atoms with Crippen molar-refractivity contribution in [2.24, 2.45) is 0 Å². The summed E-state index contributed by atoms with van der Waals surface area (Å²) in [7, 11) is 0. The number of para-hydroxylation sites is 1. The van der Waals surface area contributed by atoms with Gasteiger partial charge in [-0.3, -0.25) is 9.97 Å². The first-order chi connectivity index (χ1) is 33.2. The highest BCUT2D eigenvalue weighted by Gasteiger charge is 2.17. The maximum Gasteiger partial charge on any atom is 0.0979 e. The Morgan fingerprint density at radius 2 is 0.582 bits per heavy atom. The quantitative estimate of drug-likeness (QED) is 0.162.